The van der Waals surface area contributed by atoms with E-state index in [-0.39, 0.29) is 18.4 Å². The van der Waals surface area contributed by atoms with E-state index in [1.807, 2.05) is 12.1 Å². The van der Waals surface area contributed by atoms with Crippen LogP contribution < -0.4 is 20.3 Å². The monoisotopic (exact) mass is 330 g/mol. The van der Waals surface area contributed by atoms with Crippen LogP contribution in [0.5, 0.6) is 5.75 Å². The fourth-order valence-corrected chi connectivity index (χ4v) is 2.58. The van der Waals surface area contributed by atoms with Crippen LogP contribution in [0.25, 0.3) is 0 Å². The summed E-state index contributed by atoms with van der Waals surface area (Å²) >= 11 is 0. The number of benzene rings is 1. The van der Waals surface area contributed by atoms with Crippen LogP contribution in [0.2, 0.25) is 0 Å². The minimum atomic E-state index is -0.419. The average Bonchev–Trinajstić information content (AvgIpc) is 3.13. The van der Waals surface area contributed by atoms with Crippen molar-refractivity contribution in [3.63, 3.8) is 0 Å². The fraction of sp³-hybridized carbons (Fsp3) is 0.312. The van der Waals surface area contributed by atoms with Gasteiger partial charge in [0.1, 0.15) is 11.5 Å². The first-order chi connectivity index (χ1) is 11.5. The van der Waals surface area contributed by atoms with E-state index in [0.717, 1.165) is 11.4 Å². The second-order valence-corrected chi connectivity index (χ2v) is 5.52. The highest BCUT2D eigenvalue weighted by Crippen LogP contribution is 2.24. The molecule has 1 saturated heterocycles. The number of anilines is 2. The van der Waals surface area contributed by atoms with Crippen LogP contribution in [0, 0.1) is 6.92 Å². The van der Waals surface area contributed by atoms with Gasteiger partial charge in [0.15, 0.2) is 5.82 Å². The molecular formula is C16H18N4O4. The minimum absolute atomic E-state index is 0.0391. The van der Waals surface area contributed by atoms with Gasteiger partial charge >= 0.3 is 6.03 Å². The van der Waals surface area contributed by atoms with Crippen LogP contribution in [0.3, 0.4) is 0 Å². The maximum atomic E-state index is 12.2. The number of carbonyl (C=O) groups excluding carboxylic acids is 2. The number of carbonyl (C=O) groups is 2. The molecule has 1 atom stereocenters. The van der Waals surface area contributed by atoms with E-state index in [0.29, 0.717) is 18.1 Å². The van der Waals surface area contributed by atoms with Gasteiger partial charge in [0.25, 0.3) is 0 Å². The largest absolute Gasteiger partial charge is 0.497 e. The van der Waals surface area contributed by atoms with E-state index < -0.39 is 6.03 Å². The fourth-order valence-electron chi connectivity index (χ4n) is 2.58. The van der Waals surface area contributed by atoms with Crippen LogP contribution in [-0.4, -0.2) is 36.8 Å². The predicted octanol–water partition coefficient (Wildman–Crippen LogP) is 1.92. The zero-order valence-electron chi connectivity index (χ0n) is 13.4. The lowest BCUT2D eigenvalue weighted by atomic mass is 10.2. The zero-order valence-corrected chi connectivity index (χ0v) is 13.4. The molecule has 8 heteroatoms. The molecule has 0 bridgehead atoms. The topological polar surface area (TPSA) is 96.7 Å². The van der Waals surface area contributed by atoms with Crippen LogP contribution in [0.1, 0.15) is 12.2 Å². The molecule has 8 nitrogen and oxygen atoms in total. The number of amides is 3. The van der Waals surface area contributed by atoms with E-state index in [2.05, 4.69) is 15.8 Å². The second kappa shape index (κ2) is 6.61. The van der Waals surface area contributed by atoms with Crippen molar-refractivity contribution in [2.24, 2.45) is 0 Å². The summed E-state index contributed by atoms with van der Waals surface area (Å²) in [6, 6.07) is 8.15. The van der Waals surface area contributed by atoms with Crippen molar-refractivity contribution in [2.45, 2.75) is 19.4 Å². The number of nitrogens with zero attached hydrogens (tertiary/aromatic N) is 2. The Morgan fingerprint density at radius 3 is 2.75 bits per heavy atom. The van der Waals surface area contributed by atoms with Crippen LogP contribution in [-0.2, 0) is 4.79 Å². The third kappa shape index (κ3) is 3.48. The number of hydrogen-bond acceptors (Lipinski definition) is 5. The molecule has 0 radical (unpaired) electrons. The summed E-state index contributed by atoms with van der Waals surface area (Å²) in [4.78, 5) is 25.8. The second-order valence-electron chi connectivity index (χ2n) is 5.52. The molecule has 126 valence electrons. The summed E-state index contributed by atoms with van der Waals surface area (Å²) in [6.45, 7) is 2.15. The number of urea groups is 1. The summed E-state index contributed by atoms with van der Waals surface area (Å²) < 4.78 is 9.99. The van der Waals surface area contributed by atoms with Gasteiger partial charge in [-0.3, -0.25) is 10.1 Å². The number of hydrogen-bond donors (Lipinski definition) is 2. The molecule has 2 N–H and O–H groups in total. The first kappa shape index (κ1) is 15.9. The van der Waals surface area contributed by atoms with Crippen molar-refractivity contribution in [1.82, 2.24) is 10.5 Å². The van der Waals surface area contributed by atoms with Gasteiger partial charge in [0.2, 0.25) is 5.91 Å². The van der Waals surface area contributed by atoms with Gasteiger partial charge in [0.05, 0.1) is 13.2 Å². The number of aryl methyl sites for hydroxylation is 1. The zero-order chi connectivity index (χ0) is 17.1. The number of nitrogens with one attached hydrogen (secondary N) is 2. The first-order valence-corrected chi connectivity index (χ1v) is 7.50. The molecule has 1 unspecified atom stereocenters. The lowest BCUT2D eigenvalue weighted by Gasteiger charge is -2.17. The molecule has 1 aromatic heterocycles. The molecule has 0 aliphatic carbocycles. The number of ether oxygens (including phenoxy) is 1. The molecule has 3 amide bonds. The molecule has 1 aliphatic heterocycles. The van der Waals surface area contributed by atoms with E-state index in [1.54, 1.807) is 37.1 Å². The highest BCUT2D eigenvalue weighted by Gasteiger charge is 2.31. The molecule has 2 aromatic rings. The minimum Gasteiger partial charge on any atom is -0.497 e. The van der Waals surface area contributed by atoms with Crippen molar-refractivity contribution in [3.05, 3.63) is 36.1 Å². The SMILES string of the molecule is COc1ccc(N2CC(NC(=O)Nc3cc(C)on3)CC2=O)cc1. The van der Waals surface area contributed by atoms with Crippen molar-refractivity contribution in [2.75, 3.05) is 23.9 Å². The summed E-state index contributed by atoms with van der Waals surface area (Å²) in [5.41, 5.74) is 0.776. The predicted molar refractivity (Wildman–Crippen MR) is 87.1 cm³/mol. The smallest absolute Gasteiger partial charge is 0.320 e. The number of rotatable bonds is 4. The summed E-state index contributed by atoms with van der Waals surface area (Å²) in [7, 11) is 1.59. The molecule has 1 aromatic carbocycles. The van der Waals surface area contributed by atoms with Gasteiger partial charge < -0.3 is 19.5 Å². The molecule has 24 heavy (non-hydrogen) atoms. The van der Waals surface area contributed by atoms with Gasteiger partial charge in [-0.1, -0.05) is 5.16 Å². The highest BCUT2D eigenvalue weighted by molar-refractivity contribution is 5.97. The molecule has 0 spiro atoms. The molecule has 3 rings (SSSR count). The third-order valence-corrected chi connectivity index (χ3v) is 3.71. The normalized spacial score (nSPS) is 17.0. The molecular weight excluding hydrogens is 312 g/mol. The van der Waals surface area contributed by atoms with Crippen molar-refractivity contribution < 1.29 is 18.8 Å². The Morgan fingerprint density at radius 1 is 1.38 bits per heavy atom. The van der Waals surface area contributed by atoms with Crippen LogP contribution >= 0.6 is 0 Å². The Labute approximate surface area is 138 Å². The molecule has 1 aliphatic rings. The van der Waals surface area contributed by atoms with Gasteiger partial charge in [0, 0.05) is 24.7 Å². The van der Waals surface area contributed by atoms with Gasteiger partial charge in [-0.2, -0.15) is 0 Å². The van der Waals surface area contributed by atoms with E-state index >= 15 is 0 Å². The lowest BCUT2D eigenvalue weighted by molar-refractivity contribution is -0.117. The Kier molecular flexibility index (Phi) is 4.37. The number of methoxy groups -OCH3 is 1. The Hall–Kier alpha value is -3.03. The maximum Gasteiger partial charge on any atom is 0.320 e. The Bertz CT molecular complexity index is 741. The van der Waals surface area contributed by atoms with Crippen LogP contribution in [0.15, 0.2) is 34.9 Å². The summed E-state index contributed by atoms with van der Waals surface area (Å²) in [6.07, 6.45) is 0.247. The molecule has 1 fully saturated rings. The molecule has 2 heterocycles. The summed E-state index contributed by atoms with van der Waals surface area (Å²) in [5.74, 6) is 1.62. The summed E-state index contributed by atoms with van der Waals surface area (Å²) in [5, 5.41) is 9.03. The van der Waals surface area contributed by atoms with Gasteiger partial charge in [-0.05, 0) is 31.2 Å². The number of aromatic nitrogens is 1. The molecule has 0 saturated carbocycles. The lowest BCUT2D eigenvalue weighted by Crippen LogP contribution is -2.39. The Balaban J connectivity index is 1.58. The van der Waals surface area contributed by atoms with Gasteiger partial charge in [-0.15, -0.1) is 0 Å². The quantitative estimate of drug-likeness (QED) is 0.893. The maximum absolute atomic E-state index is 12.2. The first-order valence-electron chi connectivity index (χ1n) is 7.50. The van der Waals surface area contributed by atoms with Crippen LogP contribution in [0.4, 0.5) is 16.3 Å². The van der Waals surface area contributed by atoms with E-state index in [9.17, 15) is 9.59 Å². The van der Waals surface area contributed by atoms with Crippen molar-refractivity contribution in [3.8, 4) is 5.75 Å². The average molecular weight is 330 g/mol. The standard InChI is InChI=1S/C16H18N4O4/c1-10-7-14(19-24-10)18-16(22)17-11-8-15(21)20(9-11)12-3-5-13(23-2)6-4-12/h3-7,11H,8-9H2,1-2H3,(H2,17,18,19,22). The Morgan fingerprint density at radius 2 is 2.12 bits per heavy atom. The van der Waals surface area contributed by atoms with E-state index in [4.69, 9.17) is 9.26 Å². The van der Waals surface area contributed by atoms with Crippen molar-refractivity contribution in [1.29, 1.82) is 0 Å². The van der Waals surface area contributed by atoms with Crippen molar-refractivity contribution >= 4 is 23.4 Å². The highest BCUT2D eigenvalue weighted by atomic mass is 16.5. The van der Waals surface area contributed by atoms with E-state index in [1.165, 1.54) is 0 Å². The van der Waals surface area contributed by atoms with Gasteiger partial charge in [-0.25, -0.2) is 4.79 Å². The third-order valence-electron chi connectivity index (χ3n) is 3.71.